The van der Waals surface area contributed by atoms with Crippen molar-refractivity contribution in [2.45, 2.75) is 19.1 Å². The van der Waals surface area contributed by atoms with Crippen molar-refractivity contribution in [1.82, 2.24) is 15.1 Å². The second-order valence-corrected chi connectivity index (χ2v) is 6.39. The maximum Gasteiger partial charge on any atom is 0.108 e. The number of thiophene rings is 1. The summed E-state index contributed by atoms with van der Waals surface area (Å²) in [5, 5.41) is 20.2. The van der Waals surface area contributed by atoms with Gasteiger partial charge in [-0.05, 0) is 36.6 Å². The van der Waals surface area contributed by atoms with Gasteiger partial charge in [0.15, 0.2) is 0 Å². The summed E-state index contributed by atoms with van der Waals surface area (Å²) < 4.78 is 1.86. The molecule has 2 N–H and O–H groups in total. The predicted octanol–water partition coefficient (Wildman–Crippen LogP) is 2.93. The van der Waals surface area contributed by atoms with Gasteiger partial charge in [0.05, 0.1) is 11.4 Å². The van der Waals surface area contributed by atoms with E-state index in [-0.39, 0.29) is 0 Å². The van der Waals surface area contributed by atoms with Crippen LogP contribution in [0.3, 0.4) is 0 Å². The summed E-state index contributed by atoms with van der Waals surface area (Å²) in [4.78, 5) is 0.967. The van der Waals surface area contributed by atoms with Crippen LogP contribution >= 0.6 is 11.3 Å². The Balaban J connectivity index is 1.58. The van der Waals surface area contributed by atoms with Gasteiger partial charge in [-0.15, -0.1) is 11.3 Å². The molecule has 3 rings (SSSR count). The van der Waals surface area contributed by atoms with Crippen LogP contribution in [0, 0.1) is 0 Å². The van der Waals surface area contributed by atoms with Gasteiger partial charge in [-0.1, -0.05) is 24.3 Å². The lowest BCUT2D eigenvalue weighted by Crippen LogP contribution is -2.34. The molecule has 5 heteroatoms. The zero-order chi connectivity index (χ0) is 15.4. The molecule has 0 bridgehead atoms. The standard InChI is InChI=1S/C17H19N3OS/c1-17(21,16-8-5-11-22-16)13-18-12-14-9-10-20(19-14)15-6-3-2-4-7-15/h2-11,18,21H,12-13H2,1H3. The topological polar surface area (TPSA) is 50.1 Å². The molecule has 1 atom stereocenters. The van der Waals surface area contributed by atoms with E-state index in [1.807, 2.05) is 71.7 Å². The first-order valence-corrected chi connectivity index (χ1v) is 8.10. The Bertz CT molecular complexity index is 705. The summed E-state index contributed by atoms with van der Waals surface area (Å²) in [5.41, 5.74) is 1.14. The average molecular weight is 313 g/mol. The maximum atomic E-state index is 10.5. The minimum Gasteiger partial charge on any atom is -0.383 e. The van der Waals surface area contributed by atoms with Gasteiger partial charge in [0.2, 0.25) is 0 Å². The summed E-state index contributed by atoms with van der Waals surface area (Å²) in [6, 6.07) is 15.9. The maximum absolute atomic E-state index is 10.5. The van der Waals surface area contributed by atoms with E-state index < -0.39 is 5.60 Å². The number of nitrogens with one attached hydrogen (secondary N) is 1. The van der Waals surface area contributed by atoms with Crippen LogP contribution in [0.25, 0.3) is 5.69 Å². The normalized spacial score (nSPS) is 13.9. The van der Waals surface area contributed by atoms with Crippen molar-refractivity contribution in [2.75, 3.05) is 6.54 Å². The lowest BCUT2D eigenvalue weighted by atomic mass is 10.1. The van der Waals surface area contributed by atoms with Crippen molar-refractivity contribution in [3.63, 3.8) is 0 Å². The third kappa shape index (κ3) is 3.44. The molecule has 1 aromatic carbocycles. The van der Waals surface area contributed by atoms with Gasteiger partial charge in [0, 0.05) is 24.2 Å². The van der Waals surface area contributed by atoms with Crippen LogP contribution in [0.4, 0.5) is 0 Å². The average Bonchev–Trinajstić information content (AvgIpc) is 3.20. The summed E-state index contributed by atoms with van der Waals surface area (Å²) >= 11 is 1.57. The van der Waals surface area contributed by atoms with E-state index in [4.69, 9.17) is 0 Å². The quantitative estimate of drug-likeness (QED) is 0.735. The number of nitrogens with zero attached hydrogens (tertiary/aromatic N) is 2. The number of para-hydroxylation sites is 1. The summed E-state index contributed by atoms with van der Waals surface area (Å²) in [6.45, 7) is 2.95. The van der Waals surface area contributed by atoms with Crippen LogP contribution < -0.4 is 5.32 Å². The number of hydrogen-bond acceptors (Lipinski definition) is 4. The largest absolute Gasteiger partial charge is 0.383 e. The zero-order valence-electron chi connectivity index (χ0n) is 12.4. The van der Waals surface area contributed by atoms with Gasteiger partial charge >= 0.3 is 0 Å². The Morgan fingerprint density at radius 1 is 1.18 bits per heavy atom. The molecule has 0 spiro atoms. The van der Waals surface area contributed by atoms with Crippen LogP contribution in [0.2, 0.25) is 0 Å². The fourth-order valence-electron chi connectivity index (χ4n) is 2.29. The fourth-order valence-corrected chi connectivity index (χ4v) is 3.07. The molecular formula is C17H19N3OS. The number of hydrogen-bond donors (Lipinski definition) is 2. The van der Waals surface area contributed by atoms with Gasteiger partial charge in [0.1, 0.15) is 5.60 Å². The first-order valence-electron chi connectivity index (χ1n) is 7.22. The highest BCUT2D eigenvalue weighted by molar-refractivity contribution is 7.10. The number of rotatable bonds is 6. The molecule has 0 radical (unpaired) electrons. The summed E-state index contributed by atoms with van der Waals surface area (Å²) in [6.07, 6.45) is 1.95. The summed E-state index contributed by atoms with van der Waals surface area (Å²) in [5.74, 6) is 0. The first kappa shape index (κ1) is 15.0. The lowest BCUT2D eigenvalue weighted by Gasteiger charge is -2.22. The van der Waals surface area contributed by atoms with Crippen molar-refractivity contribution in [2.24, 2.45) is 0 Å². The van der Waals surface area contributed by atoms with Crippen LogP contribution in [0.1, 0.15) is 17.5 Å². The van der Waals surface area contributed by atoms with E-state index >= 15 is 0 Å². The second-order valence-electron chi connectivity index (χ2n) is 5.44. The number of aliphatic hydroxyl groups is 1. The third-order valence-electron chi connectivity index (χ3n) is 3.49. The Hall–Kier alpha value is -1.95. The third-order valence-corrected chi connectivity index (χ3v) is 4.62. The van der Waals surface area contributed by atoms with Crippen LogP contribution in [-0.2, 0) is 12.1 Å². The molecular weight excluding hydrogens is 294 g/mol. The highest BCUT2D eigenvalue weighted by Crippen LogP contribution is 2.24. The van der Waals surface area contributed by atoms with E-state index in [0.717, 1.165) is 16.3 Å². The van der Waals surface area contributed by atoms with Gasteiger partial charge in [0.25, 0.3) is 0 Å². The van der Waals surface area contributed by atoms with Crippen molar-refractivity contribution in [1.29, 1.82) is 0 Å². The van der Waals surface area contributed by atoms with Gasteiger partial charge in [-0.25, -0.2) is 4.68 Å². The van der Waals surface area contributed by atoms with Crippen LogP contribution in [-0.4, -0.2) is 21.4 Å². The molecule has 0 saturated carbocycles. The molecule has 114 valence electrons. The fraction of sp³-hybridized carbons (Fsp3) is 0.235. The SMILES string of the molecule is CC(O)(CNCc1ccn(-c2ccccc2)n1)c1cccs1. The van der Waals surface area contributed by atoms with E-state index in [0.29, 0.717) is 13.1 Å². The molecule has 22 heavy (non-hydrogen) atoms. The van der Waals surface area contributed by atoms with Gasteiger partial charge < -0.3 is 10.4 Å². The Kier molecular flexibility index (Phi) is 4.38. The van der Waals surface area contributed by atoms with Crippen molar-refractivity contribution >= 4 is 11.3 Å². The molecule has 0 aliphatic carbocycles. The van der Waals surface area contributed by atoms with Gasteiger partial charge in [-0.3, -0.25) is 0 Å². The summed E-state index contributed by atoms with van der Waals surface area (Å²) in [7, 11) is 0. The highest BCUT2D eigenvalue weighted by Gasteiger charge is 2.23. The molecule has 4 nitrogen and oxygen atoms in total. The van der Waals surface area contributed by atoms with Crippen molar-refractivity contribution in [3.8, 4) is 5.69 Å². The second kappa shape index (κ2) is 6.44. The zero-order valence-corrected chi connectivity index (χ0v) is 13.3. The minimum absolute atomic E-state index is 0.492. The van der Waals surface area contributed by atoms with E-state index in [9.17, 15) is 5.11 Å². The molecule has 0 fully saturated rings. The molecule has 0 amide bonds. The Morgan fingerprint density at radius 2 is 2.00 bits per heavy atom. The molecule has 0 aliphatic heterocycles. The Labute approximate surface area is 134 Å². The number of benzene rings is 1. The Morgan fingerprint density at radius 3 is 2.73 bits per heavy atom. The highest BCUT2D eigenvalue weighted by atomic mass is 32.1. The van der Waals surface area contributed by atoms with Crippen LogP contribution in [0.5, 0.6) is 0 Å². The first-order chi connectivity index (χ1) is 10.6. The number of aromatic nitrogens is 2. The molecule has 3 aromatic rings. The van der Waals surface area contributed by atoms with E-state index in [1.165, 1.54) is 0 Å². The van der Waals surface area contributed by atoms with Crippen molar-refractivity contribution < 1.29 is 5.11 Å². The molecule has 1 unspecified atom stereocenters. The minimum atomic E-state index is -0.851. The molecule has 2 heterocycles. The lowest BCUT2D eigenvalue weighted by molar-refractivity contribution is 0.0603. The van der Waals surface area contributed by atoms with Crippen molar-refractivity contribution in [3.05, 3.63) is 70.7 Å². The molecule has 0 aliphatic rings. The molecule has 2 aromatic heterocycles. The smallest absolute Gasteiger partial charge is 0.108 e. The molecule has 0 saturated heterocycles. The van der Waals surface area contributed by atoms with E-state index in [1.54, 1.807) is 11.3 Å². The van der Waals surface area contributed by atoms with Crippen LogP contribution in [0.15, 0.2) is 60.1 Å². The van der Waals surface area contributed by atoms with E-state index in [2.05, 4.69) is 10.4 Å². The van der Waals surface area contributed by atoms with Gasteiger partial charge in [-0.2, -0.15) is 5.10 Å². The predicted molar refractivity (Wildman–Crippen MR) is 89.2 cm³/mol. The monoisotopic (exact) mass is 313 g/mol.